The number of benzene rings is 1. The van der Waals surface area contributed by atoms with E-state index in [1.807, 2.05) is 0 Å². The molecule has 0 aliphatic rings. The van der Waals surface area contributed by atoms with E-state index in [0.29, 0.717) is 6.08 Å². The highest BCUT2D eigenvalue weighted by molar-refractivity contribution is 5.95. The number of hydrogen-bond acceptors (Lipinski definition) is 2. The molecule has 1 N–H and O–H groups in total. The summed E-state index contributed by atoms with van der Waals surface area (Å²) in [5.74, 6) is -1.21. The molecule has 0 amide bonds. The number of alkyl halides is 3. The summed E-state index contributed by atoms with van der Waals surface area (Å²) in [6.07, 6.45) is -4.17. The lowest BCUT2D eigenvalue weighted by Crippen LogP contribution is -2.24. The predicted octanol–water partition coefficient (Wildman–Crippen LogP) is 4.30. The van der Waals surface area contributed by atoms with Gasteiger partial charge in [0.1, 0.15) is 11.5 Å². The summed E-state index contributed by atoms with van der Waals surface area (Å²) in [6.45, 7) is 4.58. The Bertz CT molecular complexity index is 509. The molecule has 0 spiro atoms. The van der Waals surface area contributed by atoms with Crippen LogP contribution in [0.2, 0.25) is 0 Å². The first kappa shape index (κ1) is 16.2. The summed E-state index contributed by atoms with van der Waals surface area (Å²) in [5, 5.41) is 2.10. The van der Waals surface area contributed by atoms with Gasteiger partial charge in [-0.1, -0.05) is 20.8 Å². The predicted molar refractivity (Wildman–Crippen MR) is 68.6 cm³/mol. The van der Waals surface area contributed by atoms with E-state index < -0.39 is 28.9 Å². The molecular formula is C14H15F4NO. The molecule has 0 saturated carbocycles. The summed E-state index contributed by atoms with van der Waals surface area (Å²) in [7, 11) is 0. The van der Waals surface area contributed by atoms with Crippen LogP contribution in [0.25, 0.3) is 0 Å². The summed E-state index contributed by atoms with van der Waals surface area (Å²) in [6, 6.07) is 4.39. The van der Waals surface area contributed by atoms with Crippen molar-refractivity contribution in [1.82, 2.24) is 0 Å². The number of anilines is 1. The van der Waals surface area contributed by atoms with Crippen molar-refractivity contribution in [2.45, 2.75) is 26.9 Å². The molecule has 0 saturated heterocycles. The number of hydrogen-bond donors (Lipinski definition) is 1. The van der Waals surface area contributed by atoms with Gasteiger partial charge in [0.2, 0.25) is 0 Å². The Balaban J connectivity index is 3.06. The van der Waals surface area contributed by atoms with E-state index in [0.717, 1.165) is 24.3 Å². The summed E-state index contributed by atoms with van der Waals surface area (Å²) in [4.78, 5) is 11.7. The number of nitrogens with one attached hydrogen (secondary N) is 1. The highest BCUT2D eigenvalue weighted by atomic mass is 19.4. The largest absolute Gasteiger partial charge is 0.431 e. The molecule has 1 aromatic rings. The molecule has 20 heavy (non-hydrogen) atoms. The summed E-state index contributed by atoms with van der Waals surface area (Å²) in [5.41, 5.74) is -2.04. The maximum Gasteiger partial charge on any atom is 0.431 e. The van der Waals surface area contributed by atoms with Crippen molar-refractivity contribution in [1.29, 1.82) is 0 Å². The maximum atomic E-state index is 12.9. The average molecular weight is 289 g/mol. The minimum atomic E-state index is -4.70. The first-order chi connectivity index (χ1) is 9.00. The van der Waals surface area contributed by atoms with E-state index in [2.05, 4.69) is 5.32 Å². The lowest BCUT2D eigenvalue weighted by molar-refractivity contribution is -0.122. The Hall–Kier alpha value is -1.85. The van der Waals surface area contributed by atoms with Crippen molar-refractivity contribution in [2.75, 3.05) is 5.32 Å². The van der Waals surface area contributed by atoms with E-state index in [9.17, 15) is 22.4 Å². The van der Waals surface area contributed by atoms with Crippen molar-refractivity contribution < 1.29 is 22.4 Å². The van der Waals surface area contributed by atoms with E-state index >= 15 is 0 Å². The van der Waals surface area contributed by atoms with Gasteiger partial charge in [-0.15, -0.1) is 0 Å². The molecule has 110 valence electrons. The zero-order valence-corrected chi connectivity index (χ0v) is 11.3. The maximum absolute atomic E-state index is 12.9. The third-order valence-corrected chi connectivity index (χ3v) is 2.44. The van der Waals surface area contributed by atoms with Gasteiger partial charge in [-0.2, -0.15) is 13.2 Å². The van der Waals surface area contributed by atoms with Crippen LogP contribution in [0.3, 0.4) is 0 Å². The van der Waals surface area contributed by atoms with Gasteiger partial charge in [0, 0.05) is 17.2 Å². The van der Waals surface area contributed by atoms with Crippen LogP contribution >= 0.6 is 0 Å². The number of carbonyl (C=O) groups is 1. The van der Waals surface area contributed by atoms with E-state index in [1.54, 1.807) is 0 Å². The lowest BCUT2D eigenvalue weighted by Gasteiger charge is -2.18. The highest BCUT2D eigenvalue weighted by Gasteiger charge is 2.35. The van der Waals surface area contributed by atoms with E-state index in [4.69, 9.17) is 0 Å². The van der Waals surface area contributed by atoms with Gasteiger partial charge in [-0.05, 0) is 24.3 Å². The lowest BCUT2D eigenvalue weighted by atomic mass is 9.90. The van der Waals surface area contributed by atoms with Gasteiger partial charge in [0.25, 0.3) is 0 Å². The van der Waals surface area contributed by atoms with Gasteiger partial charge in [-0.25, -0.2) is 4.39 Å². The third-order valence-electron chi connectivity index (χ3n) is 2.44. The number of carbonyl (C=O) groups excluding carboxylic acids is 1. The zero-order valence-electron chi connectivity index (χ0n) is 11.3. The van der Waals surface area contributed by atoms with Gasteiger partial charge in [0.15, 0.2) is 5.78 Å². The molecule has 2 nitrogen and oxygen atoms in total. The highest BCUT2D eigenvalue weighted by Crippen LogP contribution is 2.28. The molecule has 0 bridgehead atoms. The monoisotopic (exact) mass is 289 g/mol. The van der Waals surface area contributed by atoms with Crippen LogP contribution in [-0.2, 0) is 4.79 Å². The Labute approximate surface area is 114 Å². The number of rotatable bonds is 3. The normalized spacial score (nSPS) is 13.2. The standard InChI is InChI=1S/C14H15F4NO/c1-13(2,3)12(20)8-11(14(16,17)18)19-10-6-4-9(15)5-7-10/h4-8,19H,1-3H3/b11-8+. The summed E-state index contributed by atoms with van der Waals surface area (Å²) >= 11 is 0. The Morgan fingerprint density at radius 2 is 1.60 bits per heavy atom. The molecule has 0 fully saturated rings. The second-order valence-corrected chi connectivity index (χ2v) is 5.30. The smallest absolute Gasteiger partial charge is 0.351 e. The summed E-state index contributed by atoms with van der Waals surface area (Å²) < 4.78 is 51.3. The van der Waals surface area contributed by atoms with E-state index in [-0.39, 0.29) is 5.69 Å². The molecule has 0 radical (unpaired) electrons. The molecule has 1 aromatic carbocycles. The molecule has 6 heteroatoms. The minimum absolute atomic E-state index is 0.0525. The molecule has 0 aromatic heterocycles. The molecule has 1 rings (SSSR count). The van der Waals surface area contributed by atoms with E-state index in [1.165, 1.54) is 20.8 Å². The van der Waals surface area contributed by atoms with Gasteiger partial charge >= 0.3 is 6.18 Å². The second kappa shape index (κ2) is 5.64. The van der Waals surface area contributed by atoms with Crippen molar-refractivity contribution in [3.05, 3.63) is 41.9 Å². The third kappa shape index (κ3) is 4.68. The fraction of sp³-hybridized carbons (Fsp3) is 0.357. The second-order valence-electron chi connectivity index (χ2n) is 5.30. The van der Waals surface area contributed by atoms with Crippen molar-refractivity contribution in [2.24, 2.45) is 5.41 Å². The minimum Gasteiger partial charge on any atom is -0.351 e. The molecular weight excluding hydrogens is 274 g/mol. The topological polar surface area (TPSA) is 29.1 Å². The first-order valence-corrected chi connectivity index (χ1v) is 5.86. The Morgan fingerprint density at radius 1 is 1.10 bits per heavy atom. The number of ketones is 1. The van der Waals surface area contributed by atoms with Crippen LogP contribution < -0.4 is 5.32 Å². The molecule has 0 aliphatic heterocycles. The number of halogens is 4. The quantitative estimate of drug-likeness (QED) is 0.664. The van der Waals surface area contributed by atoms with Crippen LogP contribution in [0.5, 0.6) is 0 Å². The van der Waals surface area contributed by atoms with Crippen molar-refractivity contribution in [3.63, 3.8) is 0 Å². The van der Waals surface area contributed by atoms with Gasteiger partial charge in [0.05, 0.1) is 0 Å². The SMILES string of the molecule is CC(C)(C)C(=O)/C=C(/Nc1ccc(F)cc1)C(F)(F)F. The Kier molecular flexibility index (Phi) is 4.57. The number of allylic oxidation sites excluding steroid dienone is 2. The van der Waals surface area contributed by atoms with Crippen LogP contribution in [0.1, 0.15) is 20.8 Å². The first-order valence-electron chi connectivity index (χ1n) is 5.86. The molecule has 0 unspecified atom stereocenters. The van der Waals surface area contributed by atoms with Gasteiger partial charge < -0.3 is 5.32 Å². The fourth-order valence-electron chi connectivity index (χ4n) is 1.23. The molecule has 0 atom stereocenters. The molecule has 0 heterocycles. The van der Waals surface area contributed by atoms with Crippen LogP contribution in [-0.4, -0.2) is 12.0 Å². The fourth-order valence-corrected chi connectivity index (χ4v) is 1.23. The van der Waals surface area contributed by atoms with Gasteiger partial charge in [-0.3, -0.25) is 4.79 Å². The van der Waals surface area contributed by atoms with Crippen LogP contribution in [0, 0.1) is 11.2 Å². The van der Waals surface area contributed by atoms with Crippen molar-refractivity contribution >= 4 is 11.5 Å². The van der Waals surface area contributed by atoms with Crippen LogP contribution in [0.4, 0.5) is 23.2 Å². The Morgan fingerprint density at radius 3 is 2.00 bits per heavy atom. The zero-order chi connectivity index (χ0) is 15.6. The average Bonchev–Trinajstić information content (AvgIpc) is 2.28. The van der Waals surface area contributed by atoms with Crippen molar-refractivity contribution in [3.8, 4) is 0 Å². The molecule has 0 aliphatic carbocycles. The van der Waals surface area contributed by atoms with Crippen LogP contribution in [0.15, 0.2) is 36.0 Å².